The molecule has 0 saturated heterocycles. The van der Waals surface area contributed by atoms with E-state index in [-0.39, 0.29) is 6.10 Å². The Bertz CT molecular complexity index is 773. The van der Waals surface area contributed by atoms with Crippen molar-refractivity contribution in [1.82, 2.24) is 15.0 Å². The molecule has 2 aromatic heterocycles. The second-order valence-corrected chi connectivity index (χ2v) is 7.72. The average Bonchev–Trinajstić information content (AvgIpc) is 3.47. The van der Waals surface area contributed by atoms with E-state index in [2.05, 4.69) is 15.0 Å². The molecule has 0 aliphatic heterocycles. The topological polar surface area (TPSA) is 77.4 Å². The predicted molar refractivity (Wildman–Crippen MR) is 101 cm³/mol. The summed E-state index contributed by atoms with van der Waals surface area (Å²) in [5.74, 6) is 3.54. The summed E-state index contributed by atoms with van der Waals surface area (Å²) in [6.45, 7) is 2.54. The number of pyridine rings is 1. The second-order valence-electron chi connectivity index (χ2n) is 7.72. The maximum Gasteiger partial charge on any atom is 0.220 e. The largest absolute Gasteiger partial charge is 0.495 e. The van der Waals surface area contributed by atoms with Crippen LogP contribution in [-0.2, 0) is 0 Å². The van der Waals surface area contributed by atoms with Gasteiger partial charge in [0, 0.05) is 29.3 Å². The minimum absolute atomic E-state index is 0.166. The highest BCUT2D eigenvalue weighted by Gasteiger charge is 2.40. The Balaban J connectivity index is 1.39. The van der Waals surface area contributed by atoms with E-state index in [0.717, 1.165) is 60.8 Å². The first kappa shape index (κ1) is 18.2. The normalized spacial score (nSPS) is 27.2. The van der Waals surface area contributed by atoms with Crippen LogP contribution in [0.5, 0.6) is 11.6 Å². The van der Waals surface area contributed by atoms with E-state index in [1.165, 1.54) is 0 Å². The number of hydrogen-bond donors (Lipinski definition) is 1. The van der Waals surface area contributed by atoms with E-state index < -0.39 is 0 Å². The van der Waals surface area contributed by atoms with Crippen LogP contribution in [0, 0.1) is 12.8 Å². The van der Waals surface area contributed by atoms with E-state index in [1.54, 1.807) is 13.3 Å². The lowest BCUT2D eigenvalue weighted by Gasteiger charge is -2.26. The SMILES string of the molecule is COc1ccc([C@H]2C[C@@H]2COc2nc(C)ncc2[C@H]2CC[C@H](O)CC2)nc1. The number of ether oxygens (including phenoxy) is 2. The molecule has 0 unspecified atom stereocenters. The summed E-state index contributed by atoms with van der Waals surface area (Å²) in [5, 5.41) is 9.77. The molecule has 0 radical (unpaired) electrons. The molecule has 2 aromatic rings. The van der Waals surface area contributed by atoms with Crippen LogP contribution >= 0.6 is 0 Å². The van der Waals surface area contributed by atoms with Gasteiger partial charge in [-0.1, -0.05) is 0 Å². The molecule has 0 bridgehead atoms. The summed E-state index contributed by atoms with van der Waals surface area (Å²) in [6.07, 6.45) is 8.22. The molecule has 6 heteroatoms. The Kier molecular flexibility index (Phi) is 5.25. The van der Waals surface area contributed by atoms with Crippen molar-refractivity contribution in [2.75, 3.05) is 13.7 Å². The highest BCUT2D eigenvalue weighted by molar-refractivity contribution is 5.29. The van der Waals surface area contributed by atoms with Crippen LogP contribution in [0.1, 0.15) is 61.0 Å². The number of methoxy groups -OCH3 is 1. The fraction of sp³-hybridized carbons (Fsp3) is 0.571. The van der Waals surface area contributed by atoms with Crippen LogP contribution in [0.3, 0.4) is 0 Å². The van der Waals surface area contributed by atoms with Crippen LogP contribution in [0.25, 0.3) is 0 Å². The number of aliphatic hydroxyl groups excluding tert-OH is 1. The molecule has 0 amide bonds. The third-order valence-corrected chi connectivity index (χ3v) is 5.77. The third kappa shape index (κ3) is 4.21. The van der Waals surface area contributed by atoms with Crippen molar-refractivity contribution >= 4 is 0 Å². The first-order valence-electron chi connectivity index (χ1n) is 9.78. The Morgan fingerprint density at radius 2 is 1.93 bits per heavy atom. The van der Waals surface area contributed by atoms with Crippen molar-refractivity contribution in [1.29, 1.82) is 0 Å². The smallest absolute Gasteiger partial charge is 0.220 e. The van der Waals surface area contributed by atoms with Crippen molar-refractivity contribution < 1.29 is 14.6 Å². The summed E-state index contributed by atoms with van der Waals surface area (Å²) in [5.41, 5.74) is 2.19. The molecular formula is C21H27N3O3. The number of nitrogens with zero attached hydrogens (tertiary/aromatic N) is 3. The first-order valence-corrected chi connectivity index (χ1v) is 9.78. The van der Waals surface area contributed by atoms with E-state index >= 15 is 0 Å². The molecule has 0 spiro atoms. The second kappa shape index (κ2) is 7.80. The number of aromatic nitrogens is 3. The van der Waals surface area contributed by atoms with Gasteiger partial charge < -0.3 is 14.6 Å². The van der Waals surface area contributed by atoms with E-state index in [0.29, 0.717) is 24.4 Å². The molecule has 144 valence electrons. The molecule has 1 N–H and O–H groups in total. The van der Waals surface area contributed by atoms with Gasteiger partial charge in [0.1, 0.15) is 11.6 Å². The molecule has 6 nitrogen and oxygen atoms in total. The van der Waals surface area contributed by atoms with E-state index in [1.807, 2.05) is 25.3 Å². The van der Waals surface area contributed by atoms with Crippen LogP contribution < -0.4 is 9.47 Å². The monoisotopic (exact) mass is 369 g/mol. The van der Waals surface area contributed by atoms with Gasteiger partial charge in [-0.15, -0.1) is 0 Å². The minimum atomic E-state index is -0.166. The molecule has 2 saturated carbocycles. The van der Waals surface area contributed by atoms with Gasteiger partial charge in [-0.3, -0.25) is 4.98 Å². The number of aliphatic hydroxyl groups is 1. The van der Waals surface area contributed by atoms with Gasteiger partial charge in [0.15, 0.2) is 0 Å². The van der Waals surface area contributed by atoms with Crippen molar-refractivity contribution in [3.63, 3.8) is 0 Å². The highest BCUT2D eigenvalue weighted by atomic mass is 16.5. The summed E-state index contributed by atoms with van der Waals surface area (Å²) in [4.78, 5) is 13.4. The fourth-order valence-corrected chi connectivity index (χ4v) is 3.95. The lowest BCUT2D eigenvalue weighted by Crippen LogP contribution is -2.18. The Hall–Kier alpha value is -2.21. The van der Waals surface area contributed by atoms with Crippen molar-refractivity contribution in [3.05, 3.63) is 41.6 Å². The highest BCUT2D eigenvalue weighted by Crippen LogP contribution is 2.47. The van der Waals surface area contributed by atoms with Gasteiger partial charge in [0.25, 0.3) is 0 Å². The maximum absolute atomic E-state index is 9.77. The van der Waals surface area contributed by atoms with Crippen LogP contribution in [0.15, 0.2) is 24.5 Å². The first-order chi connectivity index (χ1) is 13.1. The predicted octanol–water partition coefficient (Wildman–Crippen LogP) is 3.39. The molecule has 2 aliphatic carbocycles. The van der Waals surface area contributed by atoms with Crippen LogP contribution in [0.4, 0.5) is 0 Å². The quantitative estimate of drug-likeness (QED) is 0.841. The molecule has 27 heavy (non-hydrogen) atoms. The van der Waals surface area contributed by atoms with Gasteiger partial charge in [-0.05, 0) is 57.1 Å². The molecule has 2 atom stereocenters. The van der Waals surface area contributed by atoms with Gasteiger partial charge in [-0.25, -0.2) is 4.98 Å². The standard InChI is InChI=1S/C21H27N3O3/c1-13-22-11-19(14-3-5-16(25)6-4-14)21(24-13)27-12-15-9-18(15)20-8-7-17(26-2)10-23-20/h7-8,10-11,14-16,18,25H,3-6,9,12H2,1-2H3/t14-,15-,16-,18+/m1/s1. The molecule has 2 fully saturated rings. The van der Waals surface area contributed by atoms with Gasteiger partial charge in [0.2, 0.25) is 5.88 Å². The van der Waals surface area contributed by atoms with Crippen LogP contribution in [-0.4, -0.2) is 39.9 Å². The fourth-order valence-electron chi connectivity index (χ4n) is 3.95. The van der Waals surface area contributed by atoms with Crippen LogP contribution in [0.2, 0.25) is 0 Å². The van der Waals surface area contributed by atoms with Gasteiger partial charge >= 0.3 is 0 Å². The van der Waals surface area contributed by atoms with Crippen molar-refractivity contribution in [2.24, 2.45) is 5.92 Å². The Labute approximate surface area is 160 Å². The number of rotatable bonds is 6. The van der Waals surface area contributed by atoms with Crippen molar-refractivity contribution in [2.45, 2.75) is 57.0 Å². The van der Waals surface area contributed by atoms with E-state index in [4.69, 9.17) is 9.47 Å². The number of hydrogen-bond acceptors (Lipinski definition) is 6. The number of aryl methyl sites for hydroxylation is 1. The van der Waals surface area contributed by atoms with Gasteiger partial charge in [0.05, 0.1) is 26.0 Å². The van der Waals surface area contributed by atoms with Crippen molar-refractivity contribution in [3.8, 4) is 11.6 Å². The molecular weight excluding hydrogens is 342 g/mol. The summed E-state index contributed by atoms with van der Waals surface area (Å²) < 4.78 is 11.3. The molecule has 2 aliphatic rings. The minimum Gasteiger partial charge on any atom is -0.495 e. The Morgan fingerprint density at radius 1 is 1.11 bits per heavy atom. The zero-order valence-corrected chi connectivity index (χ0v) is 16.0. The lowest BCUT2D eigenvalue weighted by atomic mass is 9.83. The van der Waals surface area contributed by atoms with E-state index in [9.17, 15) is 5.11 Å². The maximum atomic E-state index is 9.77. The zero-order chi connectivity index (χ0) is 18.8. The molecule has 2 heterocycles. The summed E-state index contributed by atoms with van der Waals surface area (Å²) in [7, 11) is 1.65. The summed E-state index contributed by atoms with van der Waals surface area (Å²) in [6, 6.07) is 4.00. The average molecular weight is 369 g/mol. The van der Waals surface area contributed by atoms with Gasteiger partial charge in [-0.2, -0.15) is 4.98 Å². The Morgan fingerprint density at radius 3 is 2.63 bits per heavy atom. The molecule has 0 aromatic carbocycles. The molecule has 4 rings (SSSR count). The summed E-state index contributed by atoms with van der Waals surface area (Å²) >= 11 is 0. The zero-order valence-electron chi connectivity index (χ0n) is 16.0. The third-order valence-electron chi connectivity index (χ3n) is 5.77. The lowest BCUT2D eigenvalue weighted by molar-refractivity contribution is 0.121.